The van der Waals surface area contributed by atoms with Crippen LogP contribution in [0.2, 0.25) is 0 Å². The van der Waals surface area contributed by atoms with Gasteiger partial charge in [0.25, 0.3) is 10.0 Å². The van der Waals surface area contributed by atoms with Gasteiger partial charge in [0.2, 0.25) is 5.91 Å². The Morgan fingerprint density at radius 3 is 2.57 bits per heavy atom. The van der Waals surface area contributed by atoms with Crippen LogP contribution in [0.1, 0.15) is 30.5 Å². The number of carbonyl (C=O) groups is 2. The van der Waals surface area contributed by atoms with Crippen molar-refractivity contribution in [2.45, 2.75) is 35.6 Å². The van der Waals surface area contributed by atoms with Gasteiger partial charge in [-0.15, -0.1) is 11.8 Å². The van der Waals surface area contributed by atoms with Crippen molar-refractivity contribution in [1.82, 2.24) is 20.3 Å². The van der Waals surface area contributed by atoms with Crippen LogP contribution in [0.5, 0.6) is 0 Å². The summed E-state index contributed by atoms with van der Waals surface area (Å²) in [6.07, 6.45) is 6.12. The van der Waals surface area contributed by atoms with Crippen molar-refractivity contribution in [3.8, 4) is 0 Å². The summed E-state index contributed by atoms with van der Waals surface area (Å²) in [4.78, 5) is 27.3. The fourth-order valence-electron chi connectivity index (χ4n) is 2.67. The highest BCUT2D eigenvalue weighted by Gasteiger charge is 2.22. The van der Waals surface area contributed by atoms with Gasteiger partial charge < -0.3 is 15.6 Å². The van der Waals surface area contributed by atoms with Gasteiger partial charge in [0.05, 0.1) is 12.5 Å². The Morgan fingerprint density at radius 2 is 2.00 bits per heavy atom. The molecule has 4 N–H and O–H groups in total. The molecule has 1 unspecified atom stereocenters. The molecule has 10 heteroatoms. The van der Waals surface area contributed by atoms with Crippen LogP contribution in [0.25, 0.3) is 0 Å². The zero-order valence-corrected chi connectivity index (χ0v) is 17.5. The first-order chi connectivity index (χ1) is 13.3. The summed E-state index contributed by atoms with van der Waals surface area (Å²) in [6, 6.07) is 5.72. The average molecular weight is 425 g/mol. The summed E-state index contributed by atoms with van der Waals surface area (Å²) in [5, 5.41) is 5.17. The summed E-state index contributed by atoms with van der Waals surface area (Å²) in [7, 11) is -2.73. The van der Waals surface area contributed by atoms with Crippen molar-refractivity contribution in [2.75, 3.05) is 13.3 Å². The van der Waals surface area contributed by atoms with Crippen molar-refractivity contribution >= 4 is 33.7 Å². The Labute approximate surface area is 168 Å². The first-order valence-electron chi connectivity index (χ1n) is 8.64. The van der Waals surface area contributed by atoms with Gasteiger partial charge in [0.15, 0.2) is 0 Å². The fraction of sp³-hybridized carbons (Fsp3) is 0.333. The van der Waals surface area contributed by atoms with Gasteiger partial charge in [0.1, 0.15) is 4.90 Å². The van der Waals surface area contributed by atoms with Gasteiger partial charge in [-0.1, -0.05) is 13.0 Å². The summed E-state index contributed by atoms with van der Waals surface area (Å²) in [5.41, 5.74) is 1.52. The molecule has 0 saturated heterocycles. The second kappa shape index (κ2) is 9.65. The van der Waals surface area contributed by atoms with Gasteiger partial charge in [-0.3, -0.25) is 4.79 Å². The molecule has 0 fully saturated rings. The van der Waals surface area contributed by atoms with Crippen LogP contribution < -0.4 is 15.4 Å². The van der Waals surface area contributed by atoms with Crippen LogP contribution in [0.4, 0.5) is 4.79 Å². The first kappa shape index (κ1) is 21.8. The normalized spacial score (nSPS) is 12.2. The highest BCUT2D eigenvalue weighted by atomic mass is 32.2. The Kier molecular flexibility index (Phi) is 7.53. The molecule has 0 aliphatic carbocycles. The molecule has 0 aliphatic heterocycles. The lowest BCUT2D eigenvalue weighted by Gasteiger charge is -2.16. The molecule has 3 amide bonds. The lowest BCUT2D eigenvalue weighted by Crippen LogP contribution is -2.37. The summed E-state index contributed by atoms with van der Waals surface area (Å²) in [6.45, 7) is 1.97. The van der Waals surface area contributed by atoms with Gasteiger partial charge in [-0.2, -0.15) is 0 Å². The number of H-pyrrole nitrogens is 1. The van der Waals surface area contributed by atoms with Crippen molar-refractivity contribution in [3.05, 3.63) is 47.8 Å². The highest BCUT2D eigenvalue weighted by molar-refractivity contribution is 7.99. The fourth-order valence-corrected chi connectivity index (χ4v) is 4.81. The van der Waals surface area contributed by atoms with Gasteiger partial charge in [0, 0.05) is 24.3 Å². The van der Waals surface area contributed by atoms with Crippen LogP contribution in [-0.2, 0) is 21.2 Å². The summed E-state index contributed by atoms with van der Waals surface area (Å²) >= 11 is 1.24. The van der Waals surface area contributed by atoms with E-state index in [0.29, 0.717) is 10.5 Å². The largest absolute Gasteiger partial charge is 0.367 e. The van der Waals surface area contributed by atoms with Crippen LogP contribution in [0.3, 0.4) is 0 Å². The Balaban J connectivity index is 2.20. The van der Waals surface area contributed by atoms with E-state index in [0.717, 1.165) is 12.0 Å². The molecule has 28 heavy (non-hydrogen) atoms. The lowest BCUT2D eigenvalue weighted by atomic mass is 10.1. The Bertz CT molecular complexity index is 927. The second-order valence-electron chi connectivity index (χ2n) is 6.02. The van der Waals surface area contributed by atoms with Crippen LogP contribution in [0, 0.1) is 0 Å². The number of benzene rings is 1. The van der Waals surface area contributed by atoms with Gasteiger partial charge >= 0.3 is 6.03 Å². The van der Waals surface area contributed by atoms with E-state index in [9.17, 15) is 18.0 Å². The summed E-state index contributed by atoms with van der Waals surface area (Å²) in [5.74, 6) is -0.215. The topological polar surface area (TPSA) is 120 Å². The standard InChI is InChI=1S/C18H24N4O4S2/c1-4-14(13-7-8-20-11-13)21-17(23)10-12-5-6-15(27-3)16(9-12)28(25,26)22-18(24)19-2/h5-9,11,14,20H,4,10H2,1-3H3,(H,21,23)(H2,19,22,24). The molecule has 1 heterocycles. The molecule has 2 rings (SSSR count). The number of thioether (sulfide) groups is 1. The van der Waals surface area contributed by atoms with E-state index in [1.165, 1.54) is 24.9 Å². The van der Waals surface area contributed by atoms with E-state index in [2.05, 4.69) is 15.6 Å². The monoisotopic (exact) mass is 424 g/mol. The molecule has 8 nitrogen and oxygen atoms in total. The number of amides is 3. The summed E-state index contributed by atoms with van der Waals surface area (Å²) < 4.78 is 27.0. The molecule has 0 spiro atoms. The Morgan fingerprint density at radius 1 is 1.25 bits per heavy atom. The van der Waals surface area contributed by atoms with E-state index >= 15 is 0 Å². The minimum absolute atomic E-state index is 0.0259. The van der Waals surface area contributed by atoms with Crippen molar-refractivity contribution in [3.63, 3.8) is 0 Å². The molecular formula is C18H24N4O4S2. The zero-order chi connectivity index (χ0) is 20.7. The third-order valence-corrected chi connectivity index (χ3v) is 6.40. The maximum atomic E-state index is 12.5. The van der Waals surface area contributed by atoms with E-state index in [1.54, 1.807) is 24.6 Å². The maximum Gasteiger partial charge on any atom is 0.328 e. The molecule has 152 valence electrons. The van der Waals surface area contributed by atoms with E-state index in [4.69, 9.17) is 0 Å². The molecule has 1 atom stereocenters. The number of urea groups is 1. The molecule has 0 radical (unpaired) electrons. The van der Waals surface area contributed by atoms with E-state index < -0.39 is 16.1 Å². The van der Waals surface area contributed by atoms with Crippen LogP contribution in [0.15, 0.2) is 46.5 Å². The number of sulfonamides is 1. The highest BCUT2D eigenvalue weighted by Crippen LogP contribution is 2.26. The van der Waals surface area contributed by atoms with Crippen LogP contribution >= 0.6 is 11.8 Å². The smallest absolute Gasteiger partial charge is 0.328 e. The predicted octanol–water partition coefficient (Wildman–Crippen LogP) is 2.16. The lowest BCUT2D eigenvalue weighted by molar-refractivity contribution is -0.121. The maximum absolute atomic E-state index is 12.5. The van der Waals surface area contributed by atoms with Crippen molar-refractivity contribution in [2.24, 2.45) is 0 Å². The third-order valence-electron chi connectivity index (χ3n) is 4.10. The zero-order valence-electron chi connectivity index (χ0n) is 15.9. The number of carbonyl (C=O) groups excluding carboxylic acids is 2. The van der Waals surface area contributed by atoms with E-state index in [-0.39, 0.29) is 23.3 Å². The molecule has 2 aromatic rings. The molecule has 1 aromatic heterocycles. The second-order valence-corrected chi connectivity index (χ2v) is 8.52. The number of hydrogen-bond donors (Lipinski definition) is 4. The number of aromatic nitrogens is 1. The SMILES string of the molecule is CCC(NC(=O)Cc1ccc(SC)c(S(=O)(=O)NC(=O)NC)c1)c1cc[nH]c1. The van der Waals surface area contributed by atoms with E-state index in [1.807, 2.05) is 23.9 Å². The molecule has 1 aromatic carbocycles. The quantitative estimate of drug-likeness (QED) is 0.484. The Hall–Kier alpha value is -2.46. The van der Waals surface area contributed by atoms with Gasteiger partial charge in [-0.05, 0) is 42.0 Å². The van der Waals surface area contributed by atoms with Crippen molar-refractivity contribution < 1.29 is 18.0 Å². The number of aromatic amines is 1. The average Bonchev–Trinajstić information content (AvgIpc) is 3.20. The molecule has 0 aliphatic rings. The minimum atomic E-state index is -4.05. The molecular weight excluding hydrogens is 400 g/mol. The number of hydrogen-bond acceptors (Lipinski definition) is 5. The molecule has 0 bridgehead atoms. The first-order valence-corrected chi connectivity index (χ1v) is 11.3. The number of nitrogens with one attached hydrogen (secondary N) is 4. The minimum Gasteiger partial charge on any atom is -0.367 e. The third kappa shape index (κ3) is 5.52. The van der Waals surface area contributed by atoms with Gasteiger partial charge in [-0.25, -0.2) is 17.9 Å². The number of rotatable bonds is 8. The van der Waals surface area contributed by atoms with Crippen LogP contribution in [-0.4, -0.2) is 38.6 Å². The predicted molar refractivity (Wildman–Crippen MR) is 109 cm³/mol. The van der Waals surface area contributed by atoms with Crippen molar-refractivity contribution in [1.29, 1.82) is 0 Å². The molecule has 0 saturated carbocycles.